The van der Waals surface area contributed by atoms with Crippen LogP contribution in [0, 0.1) is 10.7 Å². The van der Waals surface area contributed by atoms with Gasteiger partial charge in [0.1, 0.15) is 6.10 Å². The number of carbonyl (C=O) groups is 4. The molecule has 9 nitrogen and oxygen atoms in total. The number of rotatable bonds is 9. The van der Waals surface area contributed by atoms with Crippen LogP contribution in [-0.4, -0.2) is 59.2 Å². The highest BCUT2D eigenvalue weighted by atomic mass is 127. The van der Waals surface area contributed by atoms with E-state index in [4.69, 9.17) is 25.8 Å². The molecule has 1 saturated heterocycles. The number of esters is 1. The first kappa shape index (κ1) is 29.1. The Labute approximate surface area is 236 Å². The van der Waals surface area contributed by atoms with Gasteiger partial charge < -0.3 is 24.6 Å². The molecule has 33 heavy (non-hydrogen) atoms. The van der Waals surface area contributed by atoms with Gasteiger partial charge >= 0.3 is 5.97 Å². The molecule has 182 valence electrons. The summed E-state index contributed by atoms with van der Waals surface area (Å²) in [6.07, 6.45) is -0.711. The molecule has 0 aromatic heterocycles. The number of hydrogen-bond donors (Lipinski definition) is 2. The first-order chi connectivity index (χ1) is 15.3. The van der Waals surface area contributed by atoms with E-state index in [1.807, 2.05) is 67.8 Å². The molecule has 0 bridgehead atoms. The van der Waals surface area contributed by atoms with Crippen molar-refractivity contribution in [1.29, 1.82) is 0 Å². The zero-order valence-corrected chi connectivity index (χ0v) is 25.0. The van der Waals surface area contributed by atoms with E-state index < -0.39 is 41.7 Å². The first-order valence-corrected chi connectivity index (χ1v) is 13.2. The Morgan fingerprint density at radius 3 is 2.18 bits per heavy atom. The second-order valence-electron chi connectivity index (χ2n) is 7.53. The highest BCUT2D eigenvalue weighted by Crippen LogP contribution is 2.38. The maximum atomic E-state index is 13.2. The molecule has 0 saturated carbocycles. The lowest BCUT2D eigenvalue weighted by atomic mass is 10.00. The van der Waals surface area contributed by atoms with Gasteiger partial charge in [-0.3, -0.25) is 19.2 Å². The minimum Gasteiger partial charge on any atom is -0.456 e. The van der Waals surface area contributed by atoms with Crippen LogP contribution in [0.25, 0.3) is 0 Å². The average Bonchev–Trinajstić information content (AvgIpc) is 3.01. The molecule has 2 rings (SSSR count). The predicted molar refractivity (Wildman–Crippen MR) is 145 cm³/mol. The summed E-state index contributed by atoms with van der Waals surface area (Å²) in [5.74, 6) is -2.41. The highest BCUT2D eigenvalue weighted by molar-refractivity contribution is 14.1. The molecule has 1 heterocycles. The van der Waals surface area contributed by atoms with Crippen LogP contribution in [0.5, 0.6) is 0 Å². The van der Waals surface area contributed by atoms with Crippen molar-refractivity contribution in [2.75, 3.05) is 18.5 Å². The standard InChI is InChI=1S/C20H21ClI3NO8/c1-8(27)31-7-12(29)25-18-16(23)13(15(22)14(17(18)24)19(21)30)9(28)4-5-10-11(6-26)33-20(2,3)32-10/h10-11,26H,4-7H2,1-3H3,(H,25,29). The molecule has 1 aliphatic rings. The van der Waals surface area contributed by atoms with Crippen LogP contribution in [0.1, 0.15) is 54.3 Å². The largest absolute Gasteiger partial charge is 0.456 e. The van der Waals surface area contributed by atoms with Gasteiger partial charge in [-0.1, -0.05) is 0 Å². The Hall–Kier alpha value is -0.140. The number of anilines is 1. The molecule has 2 atom stereocenters. The predicted octanol–water partition coefficient (Wildman–Crippen LogP) is 3.86. The van der Waals surface area contributed by atoms with E-state index in [2.05, 4.69) is 5.32 Å². The quantitative estimate of drug-likeness (QED) is 0.167. The SMILES string of the molecule is CC(=O)OCC(=O)Nc1c(I)c(C(=O)Cl)c(I)c(C(=O)CCC2OC(C)(C)OC2CO)c1I. The summed E-state index contributed by atoms with van der Waals surface area (Å²) in [6.45, 7) is 3.87. The smallest absolute Gasteiger partial charge is 0.303 e. The topological polar surface area (TPSA) is 128 Å². The monoisotopic (exact) mass is 819 g/mol. The number of amides is 1. The van der Waals surface area contributed by atoms with Crippen molar-refractivity contribution in [1.82, 2.24) is 0 Å². The van der Waals surface area contributed by atoms with Gasteiger partial charge in [0.05, 0.1) is 27.5 Å². The number of Topliss-reactive ketones (excluding diaryl/α,β-unsaturated/α-hetero) is 1. The van der Waals surface area contributed by atoms with Gasteiger partial charge in [-0.2, -0.15) is 0 Å². The lowest BCUT2D eigenvalue weighted by Crippen LogP contribution is -2.27. The average molecular weight is 820 g/mol. The van der Waals surface area contributed by atoms with E-state index >= 15 is 0 Å². The van der Waals surface area contributed by atoms with Crippen molar-refractivity contribution < 1.29 is 38.5 Å². The summed E-state index contributed by atoms with van der Waals surface area (Å²) in [6, 6.07) is 0. The molecule has 13 heteroatoms. The van der Waals surface area contributed by atoms with Crippen LogP contribution >= 0.6 is 79.4 Å². The van der Waals surface area contributed by atoms with E-state index in [9.17, 15) is 24.3 Å². The second-order valence-corrected chi connectivity index (χ2v) is 11.1. The number of aliphatic hydroxyl groups is 1. The number of ether oxygens (including phenoxy) is 3. The Balaban J connectivity index is 2.36. The van der Waals surface area contributed by atoms with Gasteiger partial charge in [0.25, 0.3) is 11.1 Å². The number of carbonyl (C=O) groups excluding carboxylic acids is 4. The Morgan fingerprint density at radius 2 is 1.64 bits per heavy atom. The van der Waals surface area contributed by atoms with E-state index in [1.54, 1.807) is 13.8 Å². The van der Waals surface area contributed by atoms with Crippen molar-refractivity contribution in [3.63, 3.8) is 0 Å². The summed E-state index contributed by atoms with van der Waals surface area (Å²) in [5, 5.41) is 11.4. The van der Waals surface area contributed by atoms with Crippen LogP contribution in [0.3, 0.4) is 0 Å². The number of benzene rings is 1. The number of hydrogen-bond acceptors (Lipinski definition) is 8. The normalized spacial score (nSPS) is 19.3. The molecule has 1 aromatic rings. The zero-order chi connectivity index (χ0) is 25.1. The molecule has 1 amide bonds. The number of halogens is 4. The van der Waals surface area contributed by atoms with E-state index in [0.29, 0.717) is 10.7 Å². The fourth-order valence-electron chi connectivity index (χ4n) is 3.24. The van der Waals surface area contributed by atoms with Crippen molar-refractivity contribution in [2.45, 2.75) is 51.6 Å². The minimum absolute atomic E-state index is 0.0456. The van der Waals surface area contributed by atoms with Gasteiger partial charge in [-0.05, 0) is 99.6 Å². The third-order valence-corrected chi connectivity index (χ3v) is 8.01. The first-order valence-electron chi connectivity index (χ1n) is 9.62. The number of aliphatic hydroxyl groups excluding tert-OH is 1. The molecule has 1 aliphatic heterocycles. The van der Waals surface area contributed by atoms with Gasteiger partial charge in [0.2, 0.25) is 0 Å². The summed E-state index contributed by atoms with van der Waals surface area (Å²) in [7, 11) is 0. The van der Waals surface area contributed by atoms with Crippen LogP contribution in [-0.2, 0) is 23.8 Å². The van der Waals surface area contributed by atoms with Crippen LogP contribution < -0.4 is 5.32 Å². The van der Waals surface area contributed by atoms with Gasteiger partial charge in [0.15, 0.2) is 18.2 Å². The molecule has 0 spiro atoms. The Morgan fingerprint density at radius 1 is 1.06 bits per heavy atom. The molecule has 0 aliphatic carbocycles. The molecular weight excluding hydrogens is 798 g/mol. The minimum atomic E-state index is -0.871. The number of ketones is 1. The zero-order valence-electron chi connectivity index (χ0n) is 17.8. The Kier molecular flexibility index (Phi) is 10.8. The molecule has 1 aromatic carbocycles. The summed E-state index contributed by atoms with van der Waals surface area (Å²) in [5.41, 5.74) is 0.567. The van der Waals surface area contributed by atoms with Crippen molar-refractivity contribution in [3.05, 3.63) is 21.8 Å². The van der Waals surface area contributed by atoms with Gasteiger partial charge in [-0.25, -0.2) is 0 Å². The molecule has 2 N–H and O–H groups in total. The van der Waals surface area contributed by atoms with Crippen LogP contribution in [0.4, 0.5) is 5.69 Å². The number of nitrogens with one attached hydrogen (secondary N) is 1. The lowest BCUT2D eigenvalue weighted by Gasteiger charge is -2.19. The fraction of sp³-hybridized carbons (Fsp3) is 0.500. The van der Waals surface area contributed by atoms with Gasteiger partial charge in [-0.15, -0.1) is 0 Å². The molecule has 1 fully saturated rings. The Bertz CT molecular complexity index is 985. The third kappa shape index (κ3) is 7.42. The van der Waals surface area contributed by atoms with Crippen LogP contribution in [0.2, 0.25) is 0 Å². The third-order valence-electron chi connectivity index (χ3n) is 4.58. The van der Waals surface area contributed by atoms with Gasteiger partial charge in [0, 0.05) is 26.0 Å². The van der Waals surface area contributed by atoms with Crippen molar-refractivity contribution in [3.8, 4) is 0 Å². The fourth-order valence-corrected chi connectivity index (χ4v) is 8.28. The molecular formula is C20H21ClI3NO8. The molecule has 2 unspecified atom stereocenters. The maximum Gasteiger partial charge on any atom is 0.303 e. The van der Waals surface area contributed by atoms with Crippen molar-refractivity contribution >= 4 is 108 Å². The maximum absolute atomic E-state index is 13.2. The van der Waals surface area contributed by atoms with E-state index in [0.717, 1.165) is 0 Å². The summed E-state index contributed by atoms with van der Waals surface area (Å²) >= 11 is 11.5. The van der Waals surface area contributed by atoms with E-state index in [-0.39, 0.29) is 42.0 Å². The second kappa shape index (κ2) is 12.2. The molecule has 0 radical (unpaired) electrons. The summed E-state index contributed by atoms with van der Waals surface area (Å²) in [4.78, 5) is 48.6. The van der Waals surface area contributed by atoms with Crippen LogP contribution in [0.15, 0.2) is 0 Å². The van der Waals surface area contributed by atoms with E-state index in [1.165, 1.54) is 6.92 Å². The summed E-state index contributed by atoms with van der Waals surface area (Å²) < 4.78 is 17.3. The van der Waals surface area contributed by atoms with Crippen molar-refractivity contribution in [2.24, 2.45) is 0 Å². The highest BCUT2D eigenvalue weighted by Gasteiger charge is 2.41. The lowest BCUT2D eigenvalue weighted by molar-refractivity contribution is -0.149.